The highest BCUT2D eigenvalue weighted by molar-refractivity contribution is 5.57. The Morgan fingerprint density at radius 1 is 1.41 bits per heavy atom. The van der Waals surface area contributed by atoms with E-state index in [-0.39, 0.29) is 12.7 Å². The molecular weight excluding hydrogens is 221 g/mol. The number of aldehydes is 1. The monoisotopic (exact) mass is 251 g/mol. The van der Waals surface area contributed by atoms with E-state index in [0.717, 1.165) is 25.8 Å². The molecule has 0 aliphatic carbocycles. The topological polar surface area (TPSA) is 67.1 Å². The first kappa shape index (κ1) is 21.7. The average molecular weight is 251 g/mol. The maximum absolute atomic E-state index is 10.3. The Hall–Kier alpha value is -0.520. The lowest BCUT2D eigenvalue weighted by Gasteiger charge is -2.17. The van der Waals surface area contributed by atoms with Gasteiger partial charge in [-0.05, 0) is 47.0 Å². The van der Waals surface area contributed by atoms with Crippen molar-refractivity contribution >= 4 is 6.29 Å². The molecule has 5 heteroatoms. The minimum atomic E-state index is -0.250. The molecule has 1 unspecified atom stereocenters. The van der Waals surface area contributed by atoms with Gasteiger partial charge in [0.2, 0.25) is 0 Å². The Balaban J connectivity index is -0.000000184. The number of nitrogens with two attached hydrogens (primary N) is 1. The second-order valence-corrected chi connectivity index (χ2v) is 3.37. The number of carbonyl (C=O) groups is 1. The Labute approximate surface area is 106 Å². The first-order valence-electron chi connectivity index (χ1n) is 6.21. The Kier molecular flexibility index (Phi) is 31.5. The van der Waals surface area contributed by atoms with Crippen molar-refractivity contribution in [3.63, 3.8) is 0 Å². The zero-order chi connectivity index (χ0) is 13.9. The van der Waals surface area contributed by atoms with E-state index in [1.807, 2.05) is 21.0 Å². The lowest BCUT2D eigenvalue weighted by Crippen LogP contribution is -2.34. The molecule has 0 aromatic carbocycles. The van der Waals surface area contributed by atoms with Crippen molar-refractivity contribution < 1.29 is 9.18 Å². The van der Waals surface area contributed by atoms with Gasteiger partial charge in [0, 0.05) is 0 Å². The van der Waals surface area contributed by atoms with Crippen LogP contribution >= 0.6 is 0 Å². The predicted molar refractivity (Wildman–Crippen MR) is 73.1 cm³/mol. The van der Waals surface area contributed by atoms with Crippen LogP contribution in [-0.4, -0.2) is 46.2 Å². The van der Waals surface area contributed by atoms with Crippen LogP contribution in [0.4, 0.5) is 4.39 Å². The minimum Gasteiger partial charge on any atom is -0.331 e. The summed E-state index contributed by atoms with van der Waals surface area (Å²) in [6, 6.07) is 0.156. The van der Waals surface area contributed by atoms with Crippen LogP contribution in [0.3, 0.4) is 0 Å². The predicted octanol–water partition coefficient (Wildman–Crippen LogP) is 1.10. The van der Waals surface area contributed by atoms with Crippen molar-refractivity contribution in [1.29, 1.82) is 0 Å². The Morgan fingerprint density at radius 2 is 1.82 bits per heavy atom. The van der Waals surface area contributed by atoms with Gasteiger partial charge in [-0.2, -0.15) is 0 Å². The van der Waals surface area contributed by atoms with E-state index in [1.54, 1.807) is 0 Å². The summed E-state index contributed by atoms with van der Waals surface area (Å²) in [5, 5.41) is 5.85. The molecule has 1 rings (SSSR count). The van der Waals surface area contributed by atoms with Gasteiger partial charge < -0.3 is 21.2 Å². The van der Waals surface area contributed by atoms with Crippen LogP contribution in [0, 0.1) is 0 Å². The van der Waals surface area contributed by atoms with Crippen molar-refractivity contribution in [1.82, 2.24) is 10.6 Å². The van der Waals surface area contributed by atoms with Gasteiger partial charge in [0.15, 0.2) is 0 Å². The van der Waals surface area contributed by atoms with E-state index in [0.29, 0.717) is 0 Å². The third-order valence-corrected chi connectivity index (χ3v) is 1.51. The van der Waals surface area contributed by atoms with E-state index >= 15 is 0 Å². The highest BCUT2D eigenvalue weighted by Gasteiger charge is 2.09. The van der Waals surface area contributed by atoms with Gasteiger partial charge in [0.05, 0.1) is 12.7 Å². The van der Waals surface area contributed by atoms with Crippen molar-refractivity contribution in [3.8, 4) is 0 Å². The van der Waals surface area contributed by atoms with Crippen LogP contribution in [0.1, 0.15) is 33.1 Å². The van der Waals surface area contributed by atoms with E-state index in [2.05, 4.69) is 10.6 Å². The van der Waals surface area contributed by atoms with Crippen LogP contribution in [0.25, 0.3) is 0 Å². The first-order valence-corrected chi connectivity index (χ1v) is 6.21. The summed E-state index contributed by atoms with van der Waals surface area (Å²) in [6.45, 7) is 4.88. The highest BCUT2D eigenvalue weighted by atomic mass is 19.1. The number of rotatable bonds is 1. The van der Waals surface area contributed by atoms with Gasteiger partial charge in [0.1, 0.15) is 6.29 Å². The molecule has 0 amide bonds. The van der Waals surface area contributed by atoms with E-state index in [9.17, 15) is 9.18 Å². The minimum absolute atomic E-state index is 0.156. The Bertz CT molecular complexity index is 116. The third kappa shape index (κ3) is 31.3. The maximum Gasteiger partial charge on any atom is 0.136 e. The fourth-order valence-corrected chi connectivity index (χ4v) is 0.995. The Morgan fingerprint density at radius 3 is 2.00 bits per heavy atom. The molecule has 4 nitrogen and oxygen atoms in total. The second-order valence-electron chi connectivity index (χ2n) is 3.37. The van der Waals surface area contributed by atoms with Crippen LogP contribution in [-0.2, 0) is 4.79 Å². The summed E-state index contributed by atoms with van der Waals surface area (Å²) in [5.74, 6) is 0. The molecule has 106 valence electrons. The summed E-state index contributed by atoms with van der Waals surface area (Å²) in [7, 11) is 3.75. The molecular formula is C12H30FN3O. The molecule has 1 atom stereocenters. The fraction of sp³-hybridized carbons (Fsp3) is 0.917. The van der Waals surface area contributed by atoms with Gasteiger partial charge in [-0.3, -0.25) is 4.39 Å². The molecule has 0 bridgehead atoms. The van der Waals surface area contributed by atoms with Gasteiger partial charge in [-0.25, -0.2) is 0 Å². The highest BCUT2D eigenvalue weighted by Crippen LogP contribution is 2.03. The molecule has 4 N–H and O–H groups in total. The average Bonchev–Trinajstić information content (AvgIpc) is 2.33. The molecule has 1 heterocycles. The molecule has 1 aliphatic rings. The molecule has 0 aromatic heterocycles. The first-order chi connectivity index (χ1) is 8.17. The molecule has 1 saturated heterocycles. The summed E-state index contributed by atoms with van der Waals surface area (Å²) in [4.78, 5) is 10.1. The van der Waals surface area contributed by atoms with Gasteiger partial charge in [-0.1, -0.05) is 13.3 Å². The maximum atomic E-state index is 10.3. The number of halogens is 1. The number of piperidine rings is 1. The number of carbonyl (C=O) groups excluding carboxylic acids is 1. The summed E-state index contributed by atoms with van der Waals surface area (Å²) >= 11 is 0. The molecule has 1 fully saturated rings. The van der Waals surface area contributed by atoms with Gasteiger partial charge in [0.25, 0.3) is 0 Å². The zero-order valence-corrected chi connectivity index (χ0v) is 11.8. The zero-order valence-electron chi connectivity index (χ0n) is 11.8. The van der Waals surface area contributed by atoms with Crippen molar-refractivity contribution in [2.45, 2.75) is 39.2 Å². The summed E-state index contributed by atoms with van der Waals surface area (Å²) in [5.41, 5.74) is 4.85. The van der Waals surface area contributed by atoms with Crippen LogP contribution in [0.2, 0.25) is 0 Å². The molecule has 0 spiro atoms. The quantitative estimate of drug-likeness (QED) is 0.611. The molecule has 0 saturated carbocycles. The van der Waals surface area contributed by atoms with Gasteiger partial charge >= 0.3 is 0 Å². The van der Waals surface area contributed by atoms with Gasteiger partial charge in [-0.15, -0.1) is 0 Å². The normalized spacial score (nSPS) is 17.2. The molecule has 17 heavy (non-hydrogen) atoms. The molecule has 0 aromatic rings. The SMILES string of the molecule is CCF.CCN.CNC.O=CC1CCCCN1. The largest absolute Gasteiger partial charge is 0.331 e. The summed E-state index contributed by atoms with van der Waals surface area (Å²) in [6.07, 6.45) is 4.46. The molecule has 0 radical (unpaired) electrons. The standard InChI is InChI=1S/C6H11NO.C2H5F.2C2H7N/c8-5-6-3-1-2-4-7-6;1-2-3;1-3-2;1-2-3/h5-7H,1-4H2;2H2,1H3;3H,1-2H3;2-3H2,1H3. The van der Waals surface area contributed by atoms with Crippen molar-refractivity contribution in [2.75, 3.05) is 33.9 Å². The third-order valence-electron chi connectivity index (χ3n) is 1.51. The van der Waals surface area contributed by atoms with Crippen LogP contribution in [0.5, 0.6) is 0 Å². The number of hydrogen-bond donors (Lipinski definition) is 3. The lowest BCUT2D eigenvalue weighted by molar-refractivity contribution is -0.110. The lowest BCUT2D eigenvalue weighted by atomic mass is 10.1. The van der Waals surface area contributed by atoms with E-state index < -0.39 is 0 Å². The van der Waals surface area contributed by atoms with E-state index in [1.165, 1.54) is 19.8 Å². The van der Waals surface area contributed by atoms with E-state index in [4.69, 9.17) is 5.73 Å². The number of alkyl halides is 1. The summed E-state index contributed by atoms with van der Waals surface area (Å²) < 4.78 is 10.3. The van der Waals surface area contributed by atoms with Crippen LogP contribution in [0.15, 0.2) is 0 Å². The molecule has 1 aliphatic heterocycles. The number of hydrogen-bond acceptors (Lipinski definition) is 4. The van der Waals surface area contributed by atoms with Crippen molar-refractivity contribution in [3.05, 3.63) is 0 Å². The number of nitrogens with one attached hydrogen (secondary N) is 2. The second kappa shape index (κ2) is 24.6. The van der Waals surface area contributed by atoms with Crippen molar-refractivity contribution in [2.24, 2.45) is 5.73 Å². The van der Waals surface area contributed by atoms with Crippen LogP contribution < -0.4 is 16.4 Å². The smallest absolute Gasteiger partial charge is 0.136 e. The fourth-order valence-electron chi connectivity index (χ4n) is 0.995.